The highest BCUT2D eigenvalue weighted by Gasteiger charge is 2.16. The van der Waals surface area contributed by atoms with E-state index < -0.39 is 0 Å². The molecule has 1 aromatic carbocycles. The van der Waals surface area contributed by atoms with E-state index in [4.69, 9.17) is 5.73 Å². The van der Waals surface area contributed by atoms with Crippen LogP contribution in [0.25, 0.3) is 21.3 Å². The number of aromatic nitrogens is 4. The molecule has 36 heavy (non-hydrogen) atoms. The summed E-state index contributed by atoms with van der Waals surface area (Å²) in [7, 11) is 0. The quantitative estimate of drug-likeness (QED) is 0.286. The predicted molar refractivity (Wildman–Crippen MR) is 144 cm³/mol. The van der Waals surface area contributed by atoms with Crippen molar-refractivity contribution < 1.29 is 4.79 Å². The summed E-state index contributed by atoms with van der Waals surface area (Å²) in [5.74, 6) is 0.812. The molecule has 4 N–H and O–H groups in total. The lowest BCUT2D eigenvalue weighted by molar-refractivity contribution is 0.0940. The van der Waals surface area contributed by atoms with Crippen LogP contribution in [0.1, 0.15) is 39.3 Å². The standard InChI is InChI=1S/C27H25N7OS/c1-16-10-19(13-29-12-16)17(2)34-27(35)21-4-3-9-30-26(21)31-14-20-6-8-24(36-20)18-5-7-23-22(11-18)25(28)33-15-32-23/h3-13,15,17H,14H2,1-2H3,(H,30,31)(H,34,35)(H2,28,32,33)/t17-/m0/s1. The first-order valence-electron chi connectivity index (χ1n) is 11.5. The molecule has 0 fully saturated rings. The molecule has 5 rings (SSSR count). The second-order valence-electron chi connectivity index (χ2n) is 8.50. The van der Waals surface area contributed by atoms with Gasteiger partial charge < -0.3 is 16.4 Å². The minimum Gasteiger partial charge on any atom is -0.383 e. The van der Waals surface area contributed by atoms with Gasteiger partial charge in [0.2, 0.25) is 0 Å². The number of carbonyl (C=O) groups is 1. The Morgan fingerprint density at radius 2 is 1.97 bits per heavy atom. The molecule has 5 aromatic rings. The highest BCUT2D eigenvalue weighted by atomic mass is 32.1. The number of nitrogens with two attached hydrogens (primary N) is 1. The maximum atomic E-state index is 13.0. The van der Waals surface area contributed by atoms with Crippen LogP contribution >= 0.6 is 11.3 Å². The Kier molecular flexibility index (Phi) is 6.55. The van der Waals surface area contributed by atoms with E-state index in [2.05, 4.69) is 42.7 Å². The molecule has 4 heterocycles. The number of nitrogens with zero attached hydrogens (tertiary/aromatic N) is 4. The van der Waals surface area contributed by atoms with Gasteiger partial charge in [0.15, 0.2) is 0 Å². The number of carbonyl (C=O) groups excluding carboxylic acids is 1. The first-order chi connectivity index (χ1) is 17.5. The average Bonchev–Trinajstić information content (AvgIpc) is 3.37. The van der Waals surface area contributed by atoms with E-state index >= 15 is 0 Å². The molecule has 8 nitrogen and oxygen atoms in total. The Bertz CT molecular complexity index is 1550. The minimum absolute atomic E-state index is 0.181. The lowest BCUT2D eigenvalue weighted by atomic mass is 10.1. The molecule has 0 radical (unpaired) electrons. The second-order valence-corrected chi connectivity index (χ2v) is 9.67. The van der Waals surface area contributed by atoms with Gasteiger partial charge in [-0.1, -0.05) is 12.1 Å². The first kappa shape index (κ1) is 23.4. The van der Waals surface area contributed by atoms with Crippen LogP contribution in [0, 0.1) is 6.92 Å². The van der Waals surface area contributed by atoms with Crippen LogP contribution in [0.4, 0.5) is 11.6 Å². The van der Waals surface area contributed by atoms with Gasteiger partial charge in [0.25, 0.3) is 5.91 Å². The number of aryl methyl sites for hydroxylation is 1. The third kappa shape index (κ3) is 5.01. The van der Waals surface area contributed by atoms with Crippen LogP contribution < -0.4 is 16.4 Å². The summed E-state index contributed by atoms with van der Waals surface area (Å²) < 4.78 is 0. The number of rotatable bonds is 7. The van der Waals surface area contributed by atoms with Gasteiger partial charge in [-0.25, -0.2) is 15.0 Å². The monoisotopic (exact) mass is 495 g/mol. The second kappa shape index (κ2) is 10.1. The molecule has 1 amide bonds. The molecule has 0 unspecified atom stereocenters. The van der Waals surface area contributed by atoms with Crippen molar-refractivity contribution >= 4 is 39.8 Å². The number of nitrogen functional groups attached to an aromatic ring is 1. The molecule has 180 valence electrons. The Labute approximate surface area is 212 Å². The lowest BCUT2D eigenvalue weighted by Gasteiger charge is -2.16. The van der Waals surface area contributed by atoms with Crippen molar-refractivity contribution in [2.45, 2.75) is 26.4 Å². The maximum Gasteiger partial charge on any atom is 0.255 e. The van der Waals surface area contributed by atoms with Gasteiger partial charge in [-0.3, -0.25) is 9.78 Å². The topological polar surface area (TPSA) is 119 Å². The van der Waals surface area contributed by atoms with Crippen LogP contribution in [-0.2, 0) is 6.54 Å². The third-order valence-electron chi connectivity index (χ3n) is 5.84. The summed E-state index contributed by atoms with van der Waals surface area (Å²) in [6, 6.07) is 15.5. The summed E-state index contributed by atoms with van der Waals surface area (Å²) in [5, 5.41) is 7.20. The number of amides is 1. The Balaban J connectivity index is 1.29. The molecule has 0 saturated carbocycles. The smallest absolute Gasteiger partial charge is 0.255 e. The summed E-state index contributed by atoms with van der Waals surface area (Å²) in [5.41, 5.74) is 10.4. The zero-order chi connectivity index (χ0) is 25.1. The number of benzene rings is 1. The number of hydrogen-bond donors (Lipinski definition) is 3. The van der Waals surface area contributed by atoms with Crippen molar-refractivity contribution in [3.63, 3.8) is 0 Å². The number of nitrogens with one attached hydrogen (secondary N) is 2. The summed E-state index contributed by atoms with van der Waals surface area (Å²) >= 11 is 1.66. The zero-order valence-electron chi connectivity index (χ0n) is 19.9. The minimum atomic E-state index is -0.192. The van der Waals surface area contributed by atoms with Gasteiger partial charge in [-0.15, -0.1) is 11.3 Å². The van der Waals surface area contributed by atoms with Crippen LogP contribution in [0.2, 0.25) is 0 Å². The largest absolute Gasteiger partial charge is 0.383 e. The fourth-order valence-electron chi connectivity index (χ4n) is 3.93. The summed E-state index contributed by atoms with van der Waals surface area (Å²) in [6.45, 7) is 4.46. The van der Waals surface area contributed by atoms with Crippen molar-refractivity contribution in [1.82, 2.24) is 25.3 Å². The zero-order valence-corrected chi connectivity index (χ0v) is 20.7. The Morgan fingerprint density at radius 1 is 1.08 bits per heavy atom. The number of fused-ring (bicyclic) bond motifs is 1. The molecule has 0 spiro atoms. The predicted octanol–water partition coefficient (Wildman–Crippen LogP) is 5.14. The number of anilines is 2. The van der Waals surface area contributed by atoms with Gasteiger partial charge in [0.05, 0.1) is 23.7 Å². The van der Waals surface area contributed by atoms with Gasteiger partial charge >= 0.3 is 0 Å². The SMILES string of the molecule is Cc1cncc([C@H](C)NC(=O)c2cccnc2NCc2ccc(-c3ccc4ncnc(N)c4c3)s2)c1. The fourth-order valence-corrected chi connectivity index (χ4v) is 4.87. The third-order valence-corrected chi connectivity index (χ3v) is 6.97. The number of pyridine rings is 2. The molecule has 4 aromatic heterocycles. The van der Waals surface area contributed by atoms with Gasteiger partial charge in [0.1, 0.15) is 18.0 Å². The number of hydrogen-bond acceptors (Lipinski definition) is 8. The molecular weight excluding hydrogens is 470 g/mol. The van der Waals surface area contributed by atoms with Gasteiger partial charge in [-0.2, -0.15) is 0 Å². The molecule has 0 aliphatic rings. The van der Waals surface area contributed by atoms with E-state index in [1.807, 2.05) is 38.1 Å². The molecule has 9 heteroatoms. The fraction of sp³-hybridized carbons (Fsp3) is 0.148. The van der Waals surface area contributed by atoms with E-state index in [0.29, 0.717) is 23.7 Å². The van der Waals surface area contributed by atoms with Crippen LogP contribution in [0.5, 0.6) is 0 Å². The van der Waals surface area contributed by atoms with Crippen molar-refractivity contribution in [2.24, 2.45) is 0 Å². The Hall–Kier alpha value is -4.37. The molecule has 0 aliphatic heterocycles. The van der Waals surface area contributed by atoms with E-state index in [1.165, 1.54) is 6.33 Å². The van der Waals surface area contributed by atoms with E-state index in [-0.39, 0.29) is 11.9 Å². The highest BCUT2D eigenvalue weighted by molar-refractivity contribution is 7.15. The Morgan fingerprint density at radius 3 is 2.83 bits per heavy atom. The van der Waals surface area contributed by atoms with Gasteiger partial charge in [0, 0.05) is 33.7 Å². The van der Waals surface area contributed by atoms with Crippen LogP contribution in [-0.4, -0.2) is 25.8 Å². The van der Waals surface area contributed by atoms with Gasteiger partial charge in [-0.05, 0) is 66.9 Å². The average molecular weight is 496 g/mol. The molecule has 0 bridgehead atoms. The normalized spacial score (nSPS) is 11.8. The van der Waals surface area contributed by atoms with E-state index in [0.717, 1.165) is 37.3 Å². The van der Waals surface area contributed by atoms with Crippen LogP contribution in [0.15, 0.2) is 73.4 Å². The van der Waals surface area contributed by atoms with Crippen LogP contribution in [0.3, 0.4) is 0 Å². The van der Waals surface area contributed by atoms with Crippen molar-refractivity contribution in [2.75, 3.05) is 11.1 Å². The molecular formula is C27H25N7OS. The summed E-state index contributed by atoms with van der Waals surface area (Å²) in [6.07, 6.45) is 6.71. The number of thiophene rings is 1. The highest BCUT2D eigenvalue weighted by Crippen LogP contribution is 2.31. The molecule has 0 aliphatic carbocycles. The van der Waals surface area contributed by atoms with Crippen molar-refractivity contribution in [3.05, 3.63) is 95.0 Å². The van der Waals surface area contributed by atoms with Crippen molar-refractivity contribution in [3.8, 4) is 10.4 Å². The lowest BCUT2D eigenvalue weighted by Crippen LogP contribution is -2.27. The molecule has 0 saturated heterocycles. The maximum absolute atomic E-state index is 13.0. The molecule has 1 atom stereocenters. The first-order valence-corrected chi connectivity index (χ1v) is 12.3. The summed E-state index contributed by atoms with van der Waals surface area (Å²) in [4.78, 5) is 32.2. The van der Waals surface area contributed by atoms with Crippen molar-refractivity contribution in [1.29, 1.82) is 0 Å². The van der Waals surface area contributed by atoms with E-state index in [1.54, 1.807) is 42.1 Å². The van der Waals surface area contributed by atoms with E-state index in [9.17, 15) is 4.79 Å².